The molecule has 2 N–H and O–H groups in total. The number of aromatic nitrogens is 1. The lowest BCUT2D eigenvalue weighted by atomic mass is 10.1. The van der Waals surface area contributed by atoms with Gasteiger partial charge in [0.25, 0.3) is 0 Å². The zero-order chi connectivity index (χ0) is 12.8. The van der Waals surface area contributed by atoms with Crippen molar-refractivity contribution in [2.24, 2.45) is 5.73 Å². The van der Waals surface area contributed by atoms with E-state index in [1.807, 2.05) is 30.9 Å². The van der Waals surface area contributed by atoms with Gasteiger partial charge in [-0.05, 0) is 38.3 Å². The Balaban J connectivity index is 2.83. The third-order valence-corrected chi connectivity index (χ3v) is 3.69. The predicted octanol–water partition coefficient (Wildman–Crippen LogP) is 2.68. The van der Waals surface area contributed by atoms with Crippen LogP contribution >= 0.6 is 11.8 Å². The van der Waals surface area contributed by atoms with Crippen LogP contribution in [0, 0.1) is 0 Å². The molecule has 1 rings (SSSR count). The monoisotopic (exact) mass is 253 g/mol. The maximum atomic E-state index is 5.98. The largest absolute Gasteiger partial charge is 0.357 e. The molecule has 0 aromatic carbocycles. The van der Waals surface area contributed by atoms with E-state index in [9.17, 15) is 0 Å². The summed E-state index contributed by atoms with van der Waals surface area (Å²) in [6, 6.07) is 4.51. The predicted molar refractivity (Wildman–Crippen MR) is 77.7 cm³/mol. The molecule has 96 valence electrons. The second kappa shape index (κ2) is 6.87. The molecule has 1 unspecified atom stereocenters. The first-order valence-electron chi connectivity index (χ1n) is 6.00. The summed E-state index contributed by atoms with van der Waals surface area (Å²) >= 11 is 1.88. The van der Waals surface area contributed by atoms with Crippen LogP contribution in [0.4, 0.5) is 5.82 Å². The van der Waals surface area contributed by atoms with Gasteiger partial charge in [-0.25, -0.2) is 4.98 Å². The standard InChI is InChI=1S/C13H23N3S/c1-10(7-9-17-4)16(3)13-12(11(2)14)6-5-8-15-13/h5-6,8,10-11H,7,9,14H2,1-4H3/t10?,11-/m0/s1. The van der Waals surface area contributed by atoms with E-state index in [0.29, 0.717) is 6.04 Å². The smallest absolute Gasteiger partial charge is 0.133 e. The number of nitrogens with zero attached hydrogens (tertiary/aromatic N) is 2. The van der Waals surface area contributed by atoms with Crippen molar-refractivity contribution >= 4 is 17.6 Å². The van der Waals surface area contributed by atoms with Gasteiger partial charge in [-0.15, -0.1) is 0 Å². The number of rotatable bonds is 6. The molecule has 0 aliphatic heterocycles. The lowest BCUT2D eigenvalue weighted by molar-refractivity contribution is 0.653. The van der Waals surface area contributed by atoms with Crippen molar-refractivity contribution in [2.45, 2.75) is 32.4 Å². The molecule has 0 spiro atoms. The van der Waals surface area contributed by atoms with Crippen molar-refractivity contribution in [3.63, 3.8) is 0 Å². The Hall–Kier alpha value is -0.740. The van der Waals surface area contributed by atoms with Crippen LogP contribution in [-0.4, -0.2) is 30.1 Å². The van der Waals surface area contributed by atoms with Crippen LogP contribution in [0.3, 0.4) is 0 Å². The Morgan fingerprint density at radius 2 is 2.18 bits per heavy atom. The van der Waals surface area contributed by atoms with Crippen LogP contribution in [0.15, 0.2) is 18.3 Å². The van der Waals surface area contributed by atoms with Crippen molar-refractivity contribution < 1.29 is 0 Å². The van der Waals surface area contributed by atoms with Gasteiger partial charge in [-0.3, -0.25) is 0 Å². The minimum absolute atomic E-state index is 0.0221. The molecule has 3 nitrogen and oxygen atoms in total. The zero-order valence-electron chi connectivity index (χ0n) is 11.2. The summed E-state index contributed by atoms with van der Waals surface area (Å²) in [5.74, 6) is 2.18. The van der Waals surface area contributed by atoms with Gasteiger partial charge in [-0.1, -0.05) is 6.07 Å². The maximum absolute atomic E-state index is 5.98. The highest BCUT2D eigenvalue weighted by Crippen LogP contribution is 2.23. The first kappa shape index (κ1) is 14.3. The Kier molecular flexibility index (Phi) is 5.78. The Labute approximate surface area is 109 Å². The van der Waals surface area contributed by atoms with Crippen LogP contribution < -0.4 is 10.6 Å². The molecule has 0 saturated carbocycles. The summed E-state index contributed by atoms with van der Waals surface area (Å²) in [5, 5.41) is 0. The third kappa shape index (κ3) is 3.89. The summed E-state index contributed by atoms with van der Waals surface area (Å²) in [6.07, 6.45) is 5.13. The molecule has 0 amide bonds. The zero-order valence-corrected chi connectivity index (χ0v) is 12.0. The molecule has 1 aromatic heterocycles. The van der Waals surface area contributed by atoms with E-state index in [1.165, 1.54) is 5.75 Å². The van der Waals surface area contributed by atoms with Gasteiger partial charge in [0.05, 0.1) is 0 Å². The molecule has 0 aliphatic carbocycles. The molecule has 0 fully saturated rings. The van der Waals surface area contributed by atoms with Gasteiger partial charge < -0.3 is 10.6 Å². The SMILES string of the molecule is CSCCC(C)N(C)c1ncccc1[C@H](C)N. The minimum atomic E-state index is 0.0221. The summed E-state index contributed by atoms with van der Waals surface area (Å²) in [7, 11) is 2.10. The van der Waals surface area contributed by atoms with E-state index in [4.69, 9.17) is 5.73 Å². The summed E-state index contributed by atoms with van der Waals surface area (Å²) in [5.41, 5.74) is 7.10. The Morgan fingerprint density at radius 3 is 2.76 bits per heavy atom. The number of hydrogen-bond acceptors (Lipinski definition) is 4. The first-order valence-corrected chi connectivity index (χ1v) is 7.39. The highest BCUT2D eigenvalue weighted by molar-refractivity contribution is 7.98. The fourth-order valence-electron chi connectivity index (χ4n) is 1.75. The number of anilines is 1. The molecule has 0 aliphatic rings. The summed E-state index contributed by atoms with van der Waals surface area (Å²) in [6.45, 7) is 4.23. The lowest BCUT2D eigenvalue weighted by Crippen LogP contribution is -2.31. The molecule has 17 heavy (non-hydrogen) atoms. The average Bonchev–Trinajstić information content (AvgIpc) is 2.34. The van der Waals surface area contributed by atoms with Crippen molar-refractivity contribution in [1.82, 2.24) is 4.98 Å². The first-order chi connectivity index (χ1) is 8.07. The fraction of sp³-hybridized carbons (Fsp3) is 0.615. The van der Waals surface area contributed by atoms with Crippen LogP contribution in [0.5, 0.6) is 0 Å². The molecule has 1 aromatic rings. The van der Waals surface area contributed by atoms with Crippen molar-refractivity contribution in [3.8, 4) is 0 Å². The Bertz CT molecular complexity index is 341. The molecule has 0 radical (unpaired) electrons. The van der Waals surface area contributed by atoms with Gasteiger partial charge in [-0.2, -0.15) is 11.8 Å². The molecule has 4 heteroatoms. The molecule has 0 bridgehead atoms. The van der Waals surface area contributed by atoms with Crippen molar-refractivity contribution in [2.75, 3.05) is 24.0 Å². The second-order valence-corrected chi connectivity index (χ2v) is 5.43. The van der Waals surface area contributed by atoms with E-state index in [-0.39, 0.29) is 6.04 Å². The normalized spacial score (nSPS) is 14.4. The molecule has 0 saturated heterocycles. The molecular weight excluding hydrogens is 230 g/mol. The van der Waals surface area contributed by atoms with Crippen LogP contribution in [0.1, 0.15) is 31.9 Å². The van der Waals surface area contributed by atoms with Crippen LogP contribution in [-0.2, 0) is 0 Å². The highest BCUT2D eigenvalue weighted by atomic mass is 32.2. The average molecular weight is 253 g/mol. The third-order valence-electron chi connectivity index (χ3n) is 3.04. The van der Waals surface area contributed by atoms with E-state index in [1.54, 1.807) is 0 Å². The second-order valence-electron chi connectivity index (χ2n) is 4.45. The fourth-order valence-corrected chi connectivity index (χ4v) is 2.33. The summed E-state index contributed by atoms with van der Waals surface area (Å²) in [4.78, 5) is 6.70. The van der Waals surface area contributed by atoms with E-state index in [0.717, 1.165) is 17.8 Å². The number of thioether (sulfide) groups is 1. The molecule has 2 atom stereocenters. The quantitative estimate of drug-likeness (QED) is 0.846. The van der Waals surface area contributed by atoms with Crippen LogP contribution in [0.25, 0.3) is 0 Å². The minimum Gasteiger partial charge on any atom is -0.357 e. The topological polar surface area (TPSA) is 42.2 Å². The lowest BCUT2D eigenvalue weighted by Gasteiger charge is -2.28. The Morgan fingerprint density at radius 1 is 1.47 bits per heavy atom. The van der Waals surface area contributed by atoms with Gasteiger partial charge in [0.2, 0.25) is 0 Å². The maximum Gasteiger partial charge on any atom is 0.133 e. The summed E-state index contributed by atoms with van der Waals surface area (Å²) < 4.78 is 0. The number of nitrogens with two attached hydrogens (primary N) is 1. The van der Waals surface area contributed by atoms with Gasteiger partial charge in [0.1, 0.15) is 5.82 Å². The van der Waals surface area contributed by atoms with Gasteiger partial charge >= 0.3 is 0 Å². The van der Waals surface area contributed by atoms with E-state index < -0.39 is 0 Å². The van der Waals surface area contributed by atoms with Crippen molar-refractivity contribution in [3.05, 3.63) is 23.9 Å². The number of pyridine rings is 1. The molecule has 1 heterocycles. The van der Waals surface area contributed by atoms with E-state index >= 15 is 0 Å². The molecular formula is C13H23N3S. The number of hydrogen-bond donors (Lipinski definition) is 1. The van der Waals surface area contributed by atoms with E-state index in [2.05, 4.69) is 36.2 Å². The van der Waals surface area contributed by atoms with Gasteiger partial charge in [0.15, 0.2) is 0 Å². The highest BCUT2D eigenvalue weighted by Gasteiger charge is 2.16. The van der Waals surface area contributed by atoms with Gasteiger partial charge in [0, 0.05) is 30.9 Å². The van der Waals surface area contributed by atoms with Crippen molar-refractivity contribution in [1.29, 1.82) is 0 Å². The van der Waals surface area contributed by atoms with Crippen LogP contribution in [0.2, 0.25) is 0 Å².